The molecule has 0 radical (unpaired) electrons. The minimum Gasteiger partial charge on any atom is -0.296 e. The topological polar surface area (TPSA) is 46.2 Å². The number of hydrogen-bond donors (Lipinski definition) is 1. The molecule has 0 bridgehead atoms. The molecule has 0 spiro atoms. The molecule has 1 aromatic carbocycles. The molecule has 1 aliphatic rings. The minimum atomic E-state index is -0.303. The second kappa shape index (κ2) is 3.81. The molecular weight excluding hydrogens is 197 g/mol. The van der Waals surface area contributed by atoms with Crippen LogP contribution in [0.5, 0.6) is 0 Å². The fourth-order valence-electron chi connectivity index (χ4n) is 1.68. The minimum absolute atomic E-state index is 0.230. The lowest BCUT2D eigenvalue weighted by Crippen LogP contribution is -2.22. The summed E-state index contributed by atoms with van der Waals surface area (Å²) in [5.74, 6) is -1.06. The van der Waals surface area contributed by atoms with Crippen molar-refractivity contribution in [3.63, 3.8) is 0 Å². The second-order valence-corrected chi connectivity index (χ2v) is 3.64. The predicted octanol–water partition coefficient (Wildman–Crippen LogP) is 1.03. The van der Waals surface area contributed by atoms with E-state index in [4.69, 9.17) is 0 Å². The van der Waals surface area contributed by atoms with E-state index < -0.39 is 0 Å². The SMILES string of the molecule is O=C1CC(Cc2ccc(F)cc2)C(=O)N1. The van der Waals surface area contributed by atoms with Crippen LogP contribution in [0.3, 0.4) is 0 Å². The van der Waals surface area contributed by atoms with E-state index in [0.717, 1.165) is 5.56 Å². The van der Waals surface area contributed by atoms with Crippen LogP contribution in [0.1, 0.15) is 12.0 Å². The lowest BCUT2D eigenvalue weighted by Gasteiger charge is -2.05. The van der Waals surface area contributed by atoms with Crippen LogP contribution in [0.4, 0.5) is 4.39 Å². The highest BCUT2D eigenvalue weighted by Crippen LogP contribution is 2.17. The summed E-state index contributed by atoms with van der Waals surface area (Å²) in [5.41, 5.74) is 0.867. The molecule has 1 aromatic rings. The van der Waals surface area contributed by atoms with E-state index in [0.29, 0.717) is 6.42 Å². The molecule has 1 unspecified atom stereocenters. The van der Waals surface area contributed by atoms with Crippen LogP contribution in [-0.4, -0.2) is 11.8 Å². The summed E-state index contributed by atoms with van der Waals surface area (Å²) in [6.07, 6.45) is 0.716. The Balaban J connectivity index is 2.06. The van der Waals surface area contributed by atoms with Crippen molar-refractivity contribution in [3.05, 3.63) is 35.6 Å². The van der Waals surface area contributed by atoms with E-state index in [-0.39, 0.29) is 30.0 Å². The van der Waals surface area contributed by atoms with E-state index in [1.165, 1.54) is 12.1 Å². The molecule has 78 valence electrons. The van der Waals surface area contributed by atoms with Gasteiger partial charge in [-0.1, -0.05) is 12.1 Å². The zero-order valence-electron chi connectivity index (χ0n) is 8.00. The van der Waals surface area contributed by atoms with Gasteiger partial charge < -0.3 is 0 Å². The van der Waals surface area contributed by atoms with Gasteiger partial charge in [-0.3, -0.25) is 14.9 Å². The Hall–Kier alpha value is -1.71. The van der Waals surface area contributed by atoms with Gasteiger partial charge >= 0.3 is 0 Å². The van der Waals surface area contributed by atoms with Gasteiger partial charge in [0.05, 0.1) is 5.92 Å². The Bertz CT molecular complexity index is 400. The lowest BCUT2D eigenvalue weighted by atomic mass is 9.98. The molecule has 1 aliphatic heterocycles. The molecule has 15 heavy (non-hydrogen) atoms. The number of hydrogen-bond acceptors (Lipinski definition) is 2. The van der Waals surface area contributed by atoms with Crippen molar-refractivity contribution >= 4 is 11.8 Å². The Morgan fingerprint density at radius 2 is 1.93 bits per heavy atom. The predicted molar refractivity (Wildman–Crippen MR) is 51.4 cm³/mol. The average molecular weight is 207 g/mol. The van der Waals surface area contributed by atoms with Crippen LogP contribution in [-0.2, 0) is 16.0 Å². The Morgan fingerprint density at radius 1 is 1.27 bits per heavy atom. The van der Waals surface area contributed by atoms with E-state index in [1.807, 2.05) is 0 Å². The van der Waals surface area contributed by atoms with Gasteiger partial charge in [-0.15, -0.1) is 0 Å². The van der Waals surface area contributed by atoms with Crippen LogP contribution >= 0.6 is 0 Å². The number of nitrogens with one attached hydrogen (secondary N) is 1. The summed E-state index contributed by atoms with van der Waals surface area (Å²) < 4.78 is 12.6. The van der Waals surface area contributed by atoms with Crippen molar-refractivity contribution in [2.24, 2.45) is 5.92 Å². The maximum atomic E-state index is 12.6. The van der Waals surface area contributed by atoms with Gasteiger partial charge in [0.15, 0.2) is 0 Å². The summed E-state index contributed by atoms with van der Waals surface area (Å²) in [7, 11) is 0. The molecule has 1 heterocycles. The number of imide groups is 1. The maximum Gasteiger partial charge on any atom is 0.230 e. The molecule has 3 nitrogen and oxygen atoms in total. The molecular formula is C11H10FNO2. The summed E-state index contributed by atoms with van der Waals surface area (Å²) in [4.78, 5) is 22.2. The molecule has 1 fully saturated rings. The van der Waals surface area contributed by atoms with Crippen LogP contribution in [0, 0.1) is 11.7 Å². The Labute approximate surface area is 86.3 Å². The third-order valence-electron chi connectivity index (χ3n) is 2.46. The van der Waals surface area contributed by atoms with E-state index >= 15 is 0 Å². The highest BCUT2D eigenvalue weighted by molar-refractivity contribution is 6.03. The van der Waals surface area contributed by atoms with Gasteiger partial charge in [-0.05, 0) is 24.1 Å². The average Bonchev–Trinajstić information content (AvgIpc) is 2.49. The second-order valence-electron chi connectivity index (χ2n) is 3.64. The summed E-state index contributed by atoms with van der Waals surface area (Å²) in [6, 6.07) is 5.96. The molecule has 4 heteroatoms. The highest BCUT2D eigenvalue weighted by atomic mass is 19.1. The van der Waals surface area contributed by atoms with Crippen LogP contribution in [0.15, 0.2) is 24.3 Å². The molecule has 0 aromatic heterocycles. The first-order valence-electron chi connectivity index (χ1n) is 4.73. The Morgan fingerprint density at radius 3 is 2.47 bits per heavy atom. The highest BCUT2D eigenvalue weighted by Gasteiger charge is 2.30. The largest absolute Gasteiger partial charge is 0.296 e. The number of amides is 2. The quantitative estimate of drug-likeness (QED) is 0.736. The number of carbonyl (C=O) groups is 2. The number of rotatable bonds is 2. The first kappa shape index (κ1) is 9.83. The monoisotopic (exact) mass is 207 g/mol. The van der Waals surface area contributed by atoms with Crippen molar-refractivity contribution < 1.29 is 14.0 Å². The fraction of sp³-hybridized carbons (Fsp3) is 0.273. The Kier molecular flexibility index (Phi) is 2.49. The lowest BCUT2D eigenvalue weighted by molar-refractivity contribution is -0.125. The molecule has 1 atom stereocenters. The van der Waals surface area contributed by atoms with Gasteiger partial charge in [0.25, 0.3) is 0 Å². The summed E-state index contributed by atoms with van der Waals surface area (Å²) >= 11 is 0. The molecule has 2 amide bonds. The van der Waals surface area contributed by atoms with E-state index in [1.54, 1.807) is 12.1 Å². The zero-order valence-corrected chi connectivity index (χ0v) is 8.00. The molecule has 1 N–H and O–H groups in total. The van der Waals surface area contributed by atoms with Gasteiger partial charge in [-0.2, -0.15) is 0 Å². The molecule has 0 aliphatic carbocycles. The standard InChI is InChI=1S/C11H10FNO2/c12-9-3-1-7(2-4-9)5-8-6-10(14)13-11(8)15/h1-4,8H,5-6H2,(H,13,14,15). The van der Waals surface area contributed by atoms with Crippen LogP contribution < -0.4 is 5.32 Å². The zero-order chi connectivity index (χ0) is 10.8. The number of halogens is 1. The third-order valence-corrected chi connectivity index (χ3v) is 2.46. The molecule has 1 saturated heterocycles. The number of carbonyl (C=O) groups excluding carboxylic acids is 2. The van der Waals surface area contributed by atoms with Crippen molar-refractivity contribution in [3.8, 4) is 0 Å². The van der Waals surface area contributed by atoms with Gasteiger partial charge in [0.1, 0.15) is 5.82 Å². The number of benzene rings is 1. The smallest absolute Gasteiger partial charge is 0.230 e. The van der Waals surface area contributed by atoms with Crippen molar-refractivity contribution in [1.82, 2.24) is 5.32 Å². The van der Waals surface area contributed by atoms with E-state index in [9.17, 15) is 14.0 Å². The van der Waals surface area contributed by atoms with Gasteiger partial charge in [0, 0.05) is 6.42 Å². The van der Waals surface area contributed by atoms with E-state index in [2.05, 4.69) is 5.32 Å². The van der Waals surface area contributed by atoms with Gasteiger partial charge in [-0.25, -0.2) is 4.39 Å². The van der Waals surface area contributed by atoms with Crippen molar-refractivity contribution in [1.29, 1.82) is 0 Å². The molecule has 0 saturated carbocycles. The molecule has 2 rings (SSSR count). The van der Waals surface area contributed by atoms with Crippen molar-refractivity contribution in [2.45, 2.75) is 12.8 Å². The first-order chi connectivity index (χ1) is 7.15. The van der Waals surface area contributed by atoms with Crippen LogP contribution in [0.25, 0.3) is 0 Å². The summed E-state index contributed by atoms with van der Waals surface area (Å²) in [6.45, 7) is 0. The van der Waals surface area contributed by atoms with Crippen LogP contribution in [0.2, 0.25) is 0 Å². The maximum absolute atomic E-state index is 12.6. The fourth-order valence-corrected chi connectivity index (χ4v) is 1.68. The summed E-state index contributed by atoms with van der Waals surface area (Å²) in [5, 5.41) is 2.25. The normalized spacial score (nSPS) is 20.5. The first-order valence-corrected chi connectivity index (χ1v) is 4.73. The third kappa shape index (κ3) is 2.21. The van der Waals surface area contributed by atoms with Crippen molar-refractivity contribution in [2.75, 3.05) is 0 Å². The van der Waals surface area contributed by atoms with Gasteiger partial charge in [0.2, 0.25) is 11.8 Å².